The molecule has 0 aliphatic carbocycles. The van der Waals surface area contributed by atoms with Crippen LogP contribution in [0.3, 0.4) is 0 Å². The quantitative estimate of drug-likeness (QED) is 0.831. The molecular formula is C17H26N2O3. The van der Waals surface area contributed by atoms with Crippen LogP contribution < -0.4 is 4.74 Å². The van der Waals surface area contributed by atoms with Gasteiger partial charge in [0.1, 0.15) is 5.75 Å². The summed E-state index contributed by atoms with van der Waals surface area (Å²) in [4.78, 5) is 15.2. The number of hydrogen-bond acceptors (Lipinski definition) is 4. The molecule has 5 nitrogen and oxygen atoms in total. The van der Waals surface area contributed by atoms with E-state index in [1.807, 2.05) is 24.1 Å². The molecule has 0 atom stereocenters. The van der Waals surface area contributed by atoms with Crippen molar-refractivity contribution < 1.29 is 14.6 Å². The lowest BCUT2D eigenvalue weighted by atomic mass is 10.0. The van der Waals surface area contributed by atoms with E-state index in [1.165, 1.54) is 5.56 Å². The largest absolute Gasteiger partial charge is 0.497 e. The molecule has 1 saturated heterocycles. The monoisotopic (exact) mass is 306 g/mol. The molecule has 1 aromatic rings. The third-order valence-corrected chi connectivity index (χ3v) is 4.44. The molecule has 1 heterocycles. The zero-order valence-corrected chi connectivity index (χ0v) is 13.5. The van der Waals surface area contributed by atoms with Crippen molar-refractivity contribution >= 4 is 5.97 Å². The first-order valence-corrected chi connectivity index (χ1v) is 7.86. The maximum absolute atomic E-state index is 10.8. The van der Waals surface area contributed by atoms with Crippen LogP contribution in [0.15, 0.2) is 24.3 Å². The molecule has 0 amide bonds. The van der Waals surface area contributed by atoms with Crippen molar-refractivity contribution in [3.8, 4) is 5.75 Å². The molecule has 1 aromatic carbocycles. The highest BCUT2D eigenvalue weighted by Crippen LogP contribution is 2.16. The number of aliphatic carboxylic acids is 1. The van der Waals surface area contributed by atoms with E-state index in [9.17, 15) is 4.79 Å². The Morgan fingerprint density at radius 1 is 1.32 bits per heavy atom. The molecule has 1 N–H and O–H groups in total. The predicted molar refractivity (Wildman–Crippen MR) is 86.4 cm³/mol. The van der Waals surface area contributed by atoms with Crippen molar-refractivity contribution in [3.63, 3.8) is 0 Å². The number of nitrogens with zero attached hydrogens (tertiary/aromatic N) is 2. The van der Waals surface area contributed by atoms with Crippen molar-refractivity contribution in [2.45, 2.75) is 25.3 Å². The van der Waals surface area contributed by atoms with Gasteiger partial charge in [-0.25, -0.2) is 0 Å². The summed E-state index contributed by atoms with van der Waals surface area (Å²) in [6.07, 6.45) is 3.14. The Kier molecular flexibility index (Phi) is 6.21. The number of piperidine rings is 1. The third kappa shape index (κ3) is 5.00. The predicted octanol–water partition coefficient (Wildman–Crippen LogP) is 1.72. The number of benzene rings is 1. The highest BCUT2D eigenvalue weighted by Gasteiger charge is 2.23. The summed E-state index contributed by atoms with van der Waals surface area (Å²) >= 11 is 0. The van der Waals surface area contributed by atoms with E-state index in [0.29, 0.717) is 6.04 Å². The van der Waals surface area contributed by atoms with Crippen molar-refractivity contribution in [1.29, 1.82) is 0 Å². The van der Waals surface area contributed by atoms with Gasteiger partial charge in [0.2, 0.25) is 0 Å². The molecule has 1 aliphatic heterocycles. The Morgan fingerprint density at radius 3 is 2.50 bits per heavy atom. The lowest BCUT2D eigenvalue weighted by Crippen LogP contribution is -2.45. The van der Waals surface area contributed by atoms with Crippen LogP contribution in [-0.4, -0.2) is 67.3 Å². The lowest BCUT2D eigenvalue weighted by Gasteiger charge is -2.36. The first kappa shape index (κ1) is 16.8. The Labute approximate surface area is 132 Å². The van der Waals surface area contributed by atoms with E-state index in [-0.39, 0.29) is 6.54 Å². The molecule has 0 unspecified atom stereocenters. The highest BCUT2D eigenvalue weighted by molar-refractivity contribution is 5.69. The van der Waals surface area contributed by atoms with Gasteiger partial charge in [0.25, 0.3) is 0 Å². The van der Waals surface area contributed by atoms with Crippen LogP contribution in [0.1, 0.15) is 18.4 Å². The number of ether oxygens (including phenoxy) is 1. The van der Waals surface area contributed by atoms with Crippen LogP contribution in [0.5, 0.6) is 5.75 Å². The van der Waals surface area contributed by atoms with E-state index in [1.54, 1.807) is 7.11 Å². The van der Waals surface area contributed by atoms with Crippen LogP contribution in [0, 0.1) is 0 Å². The fourth-order valence-electron chi connectivity index (χ4n) is 3.01. The molecular weight excluding hydrogens is 280 g/mol. The van der Waals surface area contributed by atoms with Gasteiger partial charge in [-0.3, -0.25) is 9.69 Å². The fraction of sp³-hybridized carbons (Fsp3) is 0.588. The van der Waals surface area contributed by atoms with Gasteiger partial charge in [0.15, 0.2) is 0 Å². The second-order valence-electron chi connectivity index (χ2n) is 5.98. The average molecular weight is 306 g/mol. The van der Waals surface area contributed by atoms with Crippen LogP contribution in [0.25, 0.3) is 0 Å². The Hall–Kier alpha value is -1.59. The maximum Gasteiger partial charge on any atom is 0.317 e. The van der Waals surface area contributed by atoms with Gasteiger partial charge in [-0.15, -0.1) is 0 Å². The van der Waals surface area contributed by atoms with Crippen molar-refractivity contribution in [2.24, 2.45) is 0 Å². The van der Waals surface area contributed by atoms with Gasteiger partial charge < -0.3 is 14.7 Å². The van der Waals surface area contributed by atoms with Crippen LogP contribution in [0.2, 0.25) is 0 Å². The zero-order valence-electron chi connectivity index (χ0n) is 13.5. The molecule has 2 rings (SSSR count). The zero-order chi connectivity index (χ0) is 15.9. The number of methoxy groups -OCH3 is 1. The summed E-state index contributed by atoms with van der Waals surface area (Å²) in [5, 5.41) is 8.85. The molecule has 0 saturated carbocycles. The van der Waals surface area contributed by atoms with Gasteiger partial charge in [0, 0.05) is 12.6 Å². The van der Waals surface area contributed by atoms with E-state index in [4.69, 9.17) is 9.84 Å². The molecule has 0 spiro atoms. The van der Waals surface area contributed by atoms with Crippen molar-refractivity contribution in [2.75, 3.05) is 40.3 Å². The topological polar surface area (TPSA) is 53.0 Å². The number of rotatable bonds is 7. The Balaban J connectivity index is 1.71. The molecule has 1 fully saturated rings. The number of carboxylic acid groups (broad SMARTS) is 1. The molecule has 0 aromatic heterocycles. The molecule has 0 radical (unpaired) electrons. The summed E-state index contributed by atoms with van der Waals surface area (Å²) < 4.78 is 5.17. The van der Waals surface area contributed by atoms with E-state index in [2.05, 4.69) is 17.0 Å². The highest BCUT2D eigenvalue weighted by atomic mass is 16.5. The van der Waals surface area contributed by atoms with Crippen LogP contribution >= 0.6 is 0 Å². The third-order valence-electron chi connectivity index (χ3n) is 4.44. The minimum absolute atomic E-state index is 0.135. The van der Waals surface area contributed by atoms with Gasteiger partial charge in [-0.05, 0) is 57.1 Å². The standard InChI is InChI=1S/C17H26N2O3/c1-18(13-17(20)21)15-8-11-19(12-9-15)10-7-14-3-5-16(22-2)6-4-14/h3-6,15H,7-13H2,1-2H3,(H,20,21). The van der Waals surface area contributed by atoms with E-state index < -0.39 is 5.97 Å². The summed E-state index contributed by atoms with van der Waals surface area (Å²) in [6, 6.07) is 8.64. The smallest absolute Gasteiger partial charge is 0.317 e. The first-order chi connectivity index (χ1) is 10.6. The average Bonchev–Trinajstić information content (AvgIpc) is 2.53. The summed E-state index contributed by atoms with van der Waals surface area (Å²) in [5.74, 6) is 0.149. The Morgan fingerprint density at radius 2 is 1.95 bits per heavy atom. The van der Waals surface area contributed by atoms with Crippen molar-refractivity contribution in [3.05, 3.63) is 29.8 Å². The molecule has 5 heteroatoms. The van der Waals surface area contributed by atoms with E-state index in [0.717, 1.165) is 44.6 Å². The molecule has 22 heavy (non-hydrogen) atoms. The Bertz CT molecular complexity index is 467. The maximum atomic E-state index is 10.8. The number of likely N-dealkylation sites (N-methyl/N-ethyl adjacent to an activating group) is 1. The molecule has 0 bridgehead atoms. The summed E-state index contributed by atoms with van der Waals surface area (Å²) in [6.45, 7) is 3.29. The van der Waals surface area contributed by atoms with Crippen molar-refractivity contribution in [1.82, 2.24) is 9.80 Å². The molecule has 1 aliphatic rings. The SMILES string of the molecule is COc1ccc(CCN2CCC(N(C)CC(=O)O)CC2)cc1. The van der Waals surface area contributed by atoms with Crippen LogP contribution in [0.4, 0.5) is 0 Å². The molecule has 122 valence electrons. The minimum atomic E-state index is -0.746. The first-order valence-electron chi connectivity index (χ1n) is 7.86. The van der Waals surface area contributed by atoms with Gasteiger partial charge in [0.05, 0.1) is 13.7 Å². The van der Waals surface area contributed by atoms with Crippen LogP contribution in [-0.2, 0) is 11.2 Å². The number of likely N-dealkylation sites (tertiary alicyclic amines) is 1. The summed E-state index contributed by atoms with van der Waals surface area (Å²) in [5.41, 5.74) is 1.32. The fourth-order valence-corrected chi connectivity index (χ4v) is 3.01. The van der Waals surface area contributed by atoms with Gasteiger partial charge >= 0.3 is 5.97 Å². The second kappa shape index (κ2) is 8.15. The minimum Gasteiger partial charge on any atom is -0.497 e. The second-order valence-corrected chi connectivity index (χ2v) is 5.98. The number of hydrogen-bond donors (Lipinski definition) is 1. The summed E-state index contributed by atoms with van der Waals surface area (Å²) in [7, 11) is 3.59. The van der Waals surface area contributed by atoms with Gasteiger partial charge in [-0.1, -0.05) is 12.1 Å². The van der Waals surface area contributed by atoms with E-state index >= 15 is 0 Å². The lowest BCUT2D eigenvalue weighted by molar-refractivity contribution is -0.138. The number of carbonyl (C=O) groups is 1. The number of carboxylic acids is 1. The van der Waals surface area contributed by atoms with Gasteiger partial charge in [-0.2, -0.15) is 0 Å². The normalized spacial score (nSPS) is 16.9.